The molecule has 4 aromatic rings. The lowest BCUT2D eigenvalue weighted by Gasteiger charge is -2.24. The lowest BCUT2D eigenvalue weighted by molar-refractivity contribution is 0.159. The second-order valence-corrected chi connectivity index (χ2v) is 6.03. The molecule has 0 radical (unpaired) electrons. The lowest BCUT2D eigenvalue weighted by atomic mass is 9.83. The van der Waals surface area contributed by atoms with Crippen LogP contribution in [0.15, 0.2) is 91.1 Å². The van der Waals surface area contributed by atoms with Crippen molar-refractivity contribution in [2.45, 2.75) is 12.0 Å². The maximum absolute atomic E-state index is 11.2. The molecule has 2 atom stereocenters. The zero-order valence-electron chi connectivity index (χ0n) is 13.3. The van der Waals surface area contributed by atoms with Gasteiger partial charge in [-0.2, -0.15) is 0 Å². The van der Waals surface area contributed by atoms with Crippen molar-refractivity contribution < 1.29 is 5.11 Å². The Kier molecular flexibility index (Phi) is 3.89. The average molecular weight is 313 g/mol. The van der Waals surface area contributed by atoms with Crippen molar-refractivity contribution in [3.8, 4) is 0 Å². The summed E-state index contributed by atoms with van der Waals surface area (Å²) in [5.41, 5.74) is 4.25. The van der Waals surface area contributed by atoms with Gasteiger partial charge in [0.05, 0.1) is 6.10 Å². The number of nitrogens with one attached hydrogen (secondary N) is 1. The Hall–Kier alpha value is -2.84. The van der Waals surface area contributed by atoms with E-state index >= 15 is 0 Å². The minimum absolute atomic E-state index is 0.121. The maximum Gasteiger partial charge on any atom is 0.0899 e. The van der Waals surface area contributed by atoms with Crippen LogP contribution in [0.1, 0.15) is 28.7 Å². The molecular weight excluding hydrogens is 294 g/mol. The molecule has 2 N–H and O–H groups in total. The molecule has 0 aliphatic rings. The molecule has 0 spiro atoms. The van der Waals surface area contributed by atoms with Crippen LogP contribution in [0.25, 0.3) is 10.9 Å². The summed E-state index contributed by atoms with van der Waals surface area (Å²) in [6, 6.07) is 28.3. The topological polar surface area (TPSA) is 36.0 Å². The van der Waals surface area contributed by atoms with Gasteiger partial charge in [-0.05, 0) is 22.8 Å². The van der Waals surface area contributed by atoms with Gasteiger partial charge in [-0.1, -0.05) is 78.9 Å². The Balaban J connectivity index is 1.88. The molecule has 1 heterocycles. The number of rotatable bonds is 4. The number of aliphatic hydroxyl groups is 1. The molecule has 0 fully saturated rings. The number of benzene rings is 3. The number of hydrogen-bond acceptors (Lipinski definition) is 1. The zero-order chi connectivity index (χ0) is 16.4. The molecule has 0 saturated heterocycles. The van der Waals surface area contributed by atoms with E-state index in [1.807, 2.05) is 66.9 Å². The van der Waals surface area contributed by atoms with E-state index in [1.54, 1.807) is 0 Å². The molecule has 2 heteroatoms. The second kappa shape index (κ2) is 6.34. The second-order valence-electron chi connectivity index (χ2n) is 6.03. The van der Waals surface area contributed by atoms with Gasteiger partial charge in [0.25, 0.3) is 0 Å². The molecular formula is C22H19NO. The van der Waals surface area contributed by atoms with Crippen molar-refractivity contribution in [3.63, 3.8) is 0 Å². The summed E-state index contributed by atoms with van der Waals surface area (Å²) in [7, 11) is 0. The first-order valence-corrected chi connectivity index (χ1v) is 8.18. The molecule has 0 bridgehead atoms. The van der Waals surface area contributed by atoms with E-state index in [1.165, 1.54) is 0 Å². The first kappa shape index (κ1) is 14.7. The first-order valence-electron chi connectivity index (χ1n) is 8.18. The van der Waals surface area contributed by atoms with Crippen LogP contribution in [0, 0.1) is 0 Å². The average Bonchev–Trinajstić information content (AvgIpc) is 3.07. The summed E-state index contributed by atoms with van der Waals surface area (Å²) in [6.45, 7) is 0. The van der Waals surface area contributed by atoms with Gasteiger partial charge in [-0.3, -0.25) is 0 Å². The van der Waals surface area contributed by atoms with E-state index in [0.717, 1.165) is 27.6 Å². The Morgan fingerprint density at radius 2 is 1.25 bits per heavy atom. The molecule has 24 heavy (non-hydrogen) atoms. The Bertz CT molecular complexity index is 928. The lowest BCUT2D eigenvalue weighted by Crippen LogP contribution is -2.12. The smallest absolute Gasteiger partial charge is 0.0899 e. The predicted molar refractivity (Wildman–Crippen MR) is 98.0 cm³/mol. The van der Waals surface area contributed by atoms with Crippen LogP contribution in [0.2, 0.25) is 0 Å². The van der Waals surface area contributed by atoms with E-state index in [-0.39, 0.29) is 5.92 Å². The molecule has 0 unspecified atom stereocenters. The molecule has 0 amide bonds. The molecule has 0 aliphatic heterocycles. The molecule has 2 nitrogen and oxygen atoms in total. The predicted octanol–water partition coefficient (Wildman–Crippen LogP) is 5.03. The minimum atomic E-state index is -0.604. The molecule has 0 aliphatic carbocycles. The summed E-state index contributed by atoms with van der Waals surface area (Å²) in [5, 5.41) is 12.3. The van der Waals surface area contributed by atoms with Crippen LogP contribution in [0.4, 0.5) is 0 Å². The van der Waals surface area contributed by atoms with Gasteiger partial charge in [0, 0.05) is 23.0 Å². The van der Waals surface area contributed by atoms with E-state index in [9.17, 15) is 5.11 Å². The molecule has 0 saturated carbocycles. The van der Waals surface area contributed by atoms with Gasteiger partial charge < -0.3 is 10.1 Å². The number of para-hydroxylation sites is 1. The number of aromatic nitrogens is 1. The number of fused-ring (bicyclic) bond motifs is 1. The summed E-state index contributed by atoms with van der Waals surface area (Å²) in [5.74, 6) is -0.121. The van der Waals surface area contributed by atoms with Gasteiger partial charge in [0.15, 0.2) is 0 Å². The fraction of sp³-hybridized carbons (Fsp3) is 0.0909. The van der Waals surface area contributed by atoms with E-state index in [0.29, 0.717) is 0 Å². The Morgan fingerprint density at radius 3 is 1.96 bits per heavy atom. The summed E-state index contributed by atoms with van der Waals surface area (Å²) in [6.07, 6.45) is 1.42. The van der Waals surface area contributed by atoms with Crippen molar-refractivity contribution in [2.24, 2.45) is 0 Å². The van der Waals surface area contributed by atoms with Crippen LogP contribution in [-0.4, -0.2) is 10.1 Å². The third-order valence-electron chi connectivity index (χ3n) is 4.57. The van der Waals surface area contributed by atoms with Gasteiger partial charge in [0.1, 0.15) is 0 Å². The van der Waals surface area contributed by atoms with Crippen molar-refractivity contribution in [1.29, 1.82) is 0 Å². The Labute approximate surface area is 141 Å². The zero-order valence-corrected chi connectivity index (χ0v) is 13.3. The van der Waals surface area contributed by atoms with Gasteiger partial charge in [-0.15, -0.1) is 0 Å². The number of aromatic amines is 1. The van der Waals surface area contributed by atoms with Crippen LogP contribution in [0.5, 0.6) is 0 Å². The first-order chi connectivity index (χ1) is 11.8. The van der Waals surface area contributed by atoms with Gasteiger partial charge in [-0.25, -0.2) is 0 Å². The summed E-state index contributed by atoms with van der Waals surface area (Å²) < 4.78 is 0. The van der Waals surface area contributed by atoms with Gasteiger partial charge >= 0.3 is 0 Å². The fourth-order valence-electron chi connectivity index (χ4n) is 3.39. The van der Waals surface area contributed by atoms with Crippen molar-refractivity contribution in [1.82, 2.24) is 4.98 Å². The van der Waals surface area contributed by atoms with Crippen LogP contribution >= 0.6 is 0 Å². The maximum atomic E-state index is 11.2. The fourth-order valence-corrected chi connectivity index (χ4v) is 3.39. The highest BCUT2D eigenvalue weighted by molar-refractivity contribution is 5.84. The van der Waals surface area contributed by atoms with Gasteiger partial charge in [0.2, 0.25) is 0 Å². The highest BCUT2D eigenvalue weighted by Crippen LogP contribution is 2.39. The molecule has 118 valence electrons. The standard InChI is InChI=1S/C22H19NO/c24-22(17-11-5-2-6-12-17)21(16-9-3-1-4-10-16)19-15-23-20-14-8-7-13-18(19)20/h1-15,21-24H/t21-,22-/m1/s1. The highest BCUT2D eigenvalue weighted by Gasteiger charge is 2.26. The van der Waals surface area contributed by atoms with Crippen molar-refractivity contribution >= 4 is 10.9 Å². The Morgan fingerprint density at radius 1 is 0.667 bits per heavy atom. The van der Waals surface area contributed by atoms with E-state index < -0.39 is 6.10 Å². The molecule has 1 aromatic heterocycles. The molecule has 3 aromatic carbocycles. The monoisotopic (exact) mass is 313 g/mol. The van der Waals surface area contributed by atoms with Crippen LogP contribution in [-0.2, 0) is 0 Å². The van der Waals surface area contributed by atoms with Crippen molar-refractivity contribution in [3.05, 3.63) is 108 Å². The number of hydrogen-bond donors (Lipinski definition) is 2. The number of aliphatic hydroxyl groups excluding tert-OH is 1. The number of H-pyrrole nitrogens is 1. The quantitative estimate of drug-likeness (QED) is 0.544. The van der Waals surface area contributed by atoms with Crippen molar-refractivity contribution in [2.75, 3.05) is 0 Å². The summed E-state index contributed by atoms with van der Waals surface area (Å²) in [4.78, 5) is 3.33. The summed E-state index contributed by atoms with van der Waals surface area (Å²) >= 11 is 0. The SMILES string of the molecule is O[C@H](c1ccccc1)[C@H](c1ccccc1)c1c[nH]c2ccccc12. The van der Waals surface area contributed by atoms with Crippen LogP contribution in [0.3, 0.4) is 0 Å². The molecule has 4 rings (SSSR count). The normalized spacial score (nSPS) is 13.7. The third kappa shape index (κ3) is 2.61. The van der Waals surface area contributed by atoms with E-state index in [4.69, 9.17) is 0 Å². The van der Waals surface area contributed by atoms with E-state index in [2.05, 4.69) is 29.2 Å². The highest BCUT2D eigenvalue weighted by atomic mass is 16.3. The largest absolute Gasteiger partial charge is 0.387 e. The van der Waals surface area contributed by atoms with Crippen LogP contribution < -0.4 is 0 Å². The third-order valence-corrected chi connectivity index (χ3v) is 4.57. The minimum Gasteiger partial charge on any atom is -0.387 e.